The third-order valence-electron chi connectivity index (χ3n) is 3.39. The van der Waals surface area contributed by atoms with E-state index in [1.165, 1.54) is 31.3 Å². The minimum Gasteiger partial charge on any atom is -0.171 e. The molecule has 0 bridgehead atoms. The van der Waals surface area contributed by atoms with Gasteiger partial charge in [0.2, 0.25) is 0 Å². The van der Waals surface area contributed by atoms with E-state index in [1.807, 2.05) is 0 Å². The Hall–Kier alpha value is -0.170. The summed E-state index contributed by atoms with van der Waals surface area (Å²) < 4.78 is 0. The van der Waals surface area contributed by atoms with Gasteiger partial charge in [-0.1, -0.05) is 44.4 Å². The van der Waals surface area contributed by atoms with Crippen LogP contribution in [0.3, 0.4) is 0 Å². The Labute approximate surface area is 100 Å². The van der Waals surface area contributed by atoms with Crippen LogP contribution in [-0.4, -0.2) is 5.25 Å². The van der Waals surface area contributed by atoms with Crippen molar-refractivity contribution < 1.29 is 0 Å². The summed E-state index contributed by atoms with van der Waals surface area (Å²) in [6, 6.07) is 0. The van der Waals surface area contributed by atoms with Crippen molar-refractivity contribution in [2.75, 3.05) is 0 Å². The molecule has 0 aromatic rings. The largest absolute Gasteiger partial charge is 0.171 e. The Kier molecular flexibility index (Phi) is 5.52. The Morgan fingerprint density at radius 2 is 2.27 bits per heavy atom. The molecular formula is C14H24S. The molecule has 15 heavy (non-hydrogen) atoms. The lowest BCUT2D eigenvalue weighted by molar-refractivity contribution is 0.495. The molecule has 1 rings (SSSR count). The molecule has 86 valence electrons. The van der Waals surface area contributed by atoms with Gasteiger partial charge in [-0.15, -0.1) is 0 Å². The van der Waals surface area contributed by atoms with Crippen molar-refractivity contribution >= 4 is 12.6 Å². The summed E-state index contributed by atoms with van der Waals surface area (Å²) in [5, 5.41) is 0.448. The first-order valence-electron chi connectivity index (χ1n) is 6.19. The van der Waals surface area contributed by atoms with Crippen LogP contribution in [0.2, 0.25) is 0 Å². The van der Waals surface area contributed by atoms with Gasteiger partial charge < -0.3 is 0 Å². The van der Waals surface area contributed by atoms with Gasteiger partial charge in [-0.2, -0.15) is 12.6 Å². The Balaban J connectivity index is 2.31. The molecule has 0 radical (unpaired) electrons. The molecule has 0 N–H and O–H groups in total. The average Bonchev–Trinajstić information content (AvgIpc) is 2.21. The number of thiol groups is 1. The first-order valence-corrected chi connectivity index (χ1v) is 6.71. The lowest BCUT2D eigenvalue weighted by Gasteiger charge is -2.17. The van der Waals surface area contributed by atoms with Crippen LogP contribution >= 0.6 is 12.6 Å². The van der Waals surface area contributed by atoms with Crippen molar-refractivity contribution in [2.24, 2.45) is 5.92 Å². The topological polar surface area (TPSA) is 0 Å². The normalized spacial score (nSPS) is 23.3. The predicted octanol–water partition coefficient (Wildman–Crippen LogP) is 4.78. The molecule has 0 heterocycles. The SMILES string of the molecule is CC[C@H](C)CCCC1=CCC(S)C=C1C. The van der Waals surface area contributed by atoms with Crippen molar-refractivity contribution in [3.05, 3.63) is 23.3 Å². The Morgan fingerprint density at radius 3 is 2.87 bits per heavy atom. The van der Waals surface area contributed by atoms with E-state index in [1.54, 1.807) is 5.57 Å². The standard InChI is InChI=1S/C14H24S/c1-4-11(2)6-5-7-13-8-9-14(15)10-12(13)3/h8,10-11,14-15H,4-7,9H2,1-3H3/t11-,14?/m0/s1. The van der Waals surface area contributed by atoms with E-state index >= 15 is 0 Å². The third-order valence-corrected chi connectivity index (χ3v) is 3.75. The fourth-order valence-electron chi connectivity index (χ4n) is 2.03. The molecule has 0 fully saturated rings. The highest BCUT2D eigenvalue weighted by Gasteiger charge is 2.09. The molecule has 1 aliphatic carbocycles. The first-order chi connectivity index (χ1) is 7.13. The second kappa shape index (κ2) is 6.42. The van der Waals surface area contributed by atoms with E-state index in [-0.39, 0.29) is 0 Å². The molecule has 0 aromatic heterocycles. The van der Waals surface area contributed by atoms with Gasteiger partial charge in [0, 0.05) is 5.25 Å². The lowest BCUT2D eigenvalue weighted by Crippen LogP contribution is -2.02. The van der Waals surface area contributed by atoms with E-state index in [0.717, 1.165) is 12.3 Å². The van der Waals surface area contributed by atoms with Crippen molar-refractivity contribution in [2.45, 2.75) is 58.1 Å². The average molecular weight is 224 g/mol. The highest BCUT2D eigenvalue weighted by molar-refractivity contribution is 7.81. The van der Waals surface area contributed by atoms with E-state index < -0.39 is 0 Å². The van der Waals surface area contributed by atoms with Crippen molar-refractivity contribution in [3.63, 3.8) is 0 Å². The van der Waals surface area contributed by atoms with Crippen molar-refractivity contribution in [1.82, 2.24) is 0 Å². The zero-order valence-corrected chi connectivity index (χ0v) is 11.2. The highest BCUT2D eigenvalue weighted by atomic mass is 32.1. The molecule has 1 heteroatoms. The molecule has 1 unspecified atom stereocenters. The number of allylic oxidation sites excluding steroid dienone is 3. The fraction of sp³-hybridized carbons (Fsp3) is 0.714. The predicted molar refractivity (Wildman–Crippen MR) is 72.5 cm³/mol. The van der Waals surface area contributed by atoms with Gasteiger partial charge in [-0.05, 0) is 37.7 Å². The zero-order valence-electron chi connectivity index (χ0n) is 10.3. The molecule has 0 nitrogen and oxygen atoms in total. The van der Waals surface area contributed by atoms with Crippen LogP contribution in [0.1, 0.15) is 52.9 Å². The number of rotatable bonds is 5. The van der Waals surface area contributed by atoms with Gasteiger partial charge in [0.1, 0.15) is 0 Å². The van der Waals surface area contributed by atoms with Crippen LogP contribution in [0.15, 0.2) is 23.3 Å². The maximum absolute atomic E-state index is 4.48. The van der Waals surface area contributed by atoms with Crippen LogP contribution in [0, 0.1) is 5.92 Å². The quantitative estimate of drug-likeness (QED) is 0.638. The monoisotopic (exact) mass is 224 g/mol. The van der Waals surface area contributed by atoms with E-state index in [2.05, 4.69) is 45.6 Å². The van der Waals surface area contributed by atoms with Crippen molar-refractivity contribution in [1.29, 1.82) is 0 Å². The van der Waals surface area contributed by atoms with Crippen LogP contribution in [0.4, 0.5) is 0 Å². The molecule has 0 saturated heterocycles. The summed E-state index contributed by atoms with van der Waals surface area (Å²) >= 11 is 4.48. The first kappa shape index (κ1) is 12.9. The summed E-state index contributed by atoms with van der Waals surface area (Å²) in [6.07, 6.45) is 11.1. The van der Waals surface area contributed by atoms with Gasteiger partial charge in [-0.3, -0.25) is 0 Å². The second-order valence-corrected chi connectivity index (χ2v) is 5.45. The van der Waals surface area contributed by atoms with E-state index in [9.17, 15) is 0 Å². The molecular weight excluding hydrogens is 200 g/mol. The number of hydrogen-bond acceptors (Lipinski definition) is 1. The second-order valence-electron chi connectivity index (χ2n) is 4.79. The molecule has 0 spiro atoms. The van der Waals surface area contributed by atoms with E-state index in [0.29, 0.717) is 5.25 Å². The molecule has 0 aromatic carbocycles. The molecule has 0 saturated carbocycles. The maximum Gasteiger partial charge on any atom is 0.0237 e. The highest BCUT2D eigenvalue weighted by Crippen LogP contribution is 2.26. The van der Waals surface area contributed by atoms with Gasteiger partial charge in [0.15, 0.2) is 0 Å². The van der Waals surface area contributed by atoms with Crippen molar-refractivity contribution in [3.8, 4) is 0 Å². The smallest absolute Gasteiger partial charge is 0.0237 e. The summed E-state index contributed by atoms with van der Waals surface area (Å²) in [4.78, 5) is 0. The molecule has 1 aliphatic rings. The molecule has 0 aliphatic heterocycles. The fourth-order valence-corrected chi connectivity index (χ4v) is 2.36. The summed E-state index contributed by atoms with van der Waals surface area (Å²) in [7, 11) is 0. The van der Waals surface area contributed by atoms with Gasteiger partial charge in [0.05, 0.1) is 0 Å². The Morgan fingerprint density at radius 1 is 1.53 bits per heavy atom. The molecule has 2 atom stereocenters. The molecule has 0 amide bonds. The minimum absolute atomic E-state index is 0.448. The van der Waals surface area contributed by atoms with Crippen LogP contribution in [0.5, 0.6) is 0 Å². The minimum atomic E-state index is 0.448. The van der Waals surface area contributed by atoms with Gasteiger partial charge in [0.25, 0.3) is 0 Å². The summed E-state index contributed by atoms with van der Waals surface area (Å²) in [5.41, 5.74) is 3.01. The van der Waals surface area contributed by atoms with Crippen LogP contribution in [-0.2, 0) is 0 Å². The summed E-state index contributed by atoms with van der Waals surface area (Å²) in [6.45, 7) is 6.85. The number of hydrogen-bond donors (Lipinski definition) is 1. The zero-order chi connectivity index (χ0) is 11.3. The van der Waals surface area contributed by atoms with Crippen LogP contribution in [0.25, 0.3) is 0 Å². The lowest BCUT2D eigenvalue weighted by atomic mass is 9.92. The van der Waals surface area contributed by atoms with Gasteiger partial charge >= 0.3 is 0 Å². The third kappa shape index (κ3) is 4.46. The van der Waals surface area contributed by atoms with Crippen LogP contribution < -0.4 is 0 Å². The summed E-state index contributed by atoms with van der Waals surface area (Å²) in [5.74, 6) is 0.885. The van der Waals surface area contributed by atoms with Gasteiger partial charge in [-0.25, -0.2) is 0 Å². The Bertz CT molecular complexity index is 250. The maximum atomic E-state index is 4.48. The van der Waals surface area contributed by atoms with E-state index in [4.69, 9.17) is 0 Å².